The van der Waals surface area contributed by atoms with E-state index in [1.165, 1.54) is 11.1 Å². The summed E-state index contributed by atoms with van der Waals surface area (Å²) in [6, 6.07) is 0. The van der Waals surface area contributed by atoms with Crippen molar-refractivity contribution in [3.8, 4) is 0 Å². The van der Waals surface area contributed by atoms with Crippen LogP contribution in [0.1, 0.15) is 79.4 Å². The Morgan fingerprint density at radius 1 is 0.923 bits per heavy atom. The first kappa shape index (κ1) is 19.7. The highest BCUT2D eigenvalue weighted by atomic mass is 28.3. The maximum Gasteiger partial charge on any atom is 0.223 e. The van der Waals surface area contributed by atoms with Gasteiger partial charge in [0.1, 0.15) is 0 Å². The van der Waals surface area contributed by atoms with E-state index in [0.29, 0.717) is 34.9 Å². The van der Waals surface area contributed by atoms with Crippen LogP contribution in [0.25, 0.3) is 0 Å². The molecule has 1 atom stereocenters. The fourth-order valence-electron chi connectivity index (χ4n) is 6.74. The van der Waals surface area contributed by atoms with Crippen molar-refractivity contribution in [2.24, 2.45) is 5.92 Å². The summed E-state index contributed by atoms with van der Waals surface area (Å²) >= 11 is 0. The maximum atomic E-state index is 12.6. The van der Waals surface area contributed by atoms with Gasteiger partial charge in [-0.25, -0.2) is 0 Å². The molecule has 0 radical (unpaired) electrons. The third-order valence-corrected chi connectivity index (χ3v) is 14.4. The van der Waals surface area contributed by atoms with Gasteiger partial charge < -0.3 is 9.13 Å². The van der Waals surface area contributed by atoms with E-state index in [1.54, 1.807) is 0 Å². The fourth-order valence-corrected chi connectivity index (χ4v) is 13.3. The molecule has 2 aliphatic heterocycles. The van der Waals surface area contributed by atoms with Crippen molar-refractivity contribution in [2.45, 2.75) is 96.8 Å². The van der Waals surface area contributed by atoms with E-state index >= 15 is 0 Å². The van der Waals surface area contributed by atoms with Crippen LogP contribution in [0.15, 0.2) is 12.4 Å². The van der Waals surface area contributed by atoms with Gasteiger partial charge in [0, 0.05) is 19.2 Å². The average molecular weight is 375 g/mol. The molecule has 1 saturated heterocycles. The molecular weight excluding hydrogens is 336 g/mol. The maximum absolute atomic E-state index is 12.6. The number of aromatic nitrogens is 1. The zero-order valence-corrected chi connectivity index (χ0v) is 19.1. The first-order valence-corrected chi connectivity index (χ1v) is 12.8. The monoisotopic (exact) mass is 374 g/mol. The molecule has 1 amide bonds. The molecule has 3 rings (SSSR count). The lowest BCUT2D eigenvalue weighted by Gasteiger charge is -2.46. The van der Waals surface area contributed by atoms with Crippen molar-refractivity contribution < 1.29 is 4.79 Å². The number of carbonyl (C=O) groups excluding carboxylic acids is 1. The SMILES string of the molecule is CC(C)[C@]12CCC(=O)N1CCc1cn([Si](C(C)C)(C(C)C)C(C)C)cc12. The summed E-state index contributed by atoms with van der Waals surface area (Å²) in [5.74, 6) is 0.814. The normalized spacial score (nSPS) is 23.5. The van der Waals surface area contributed by atoms with Gasteiger partial charge in [-0.3, -0.25) is 4.79 Å². The first-order chi connectivity index (χ1) is 12.1. The third kappa shape index (κ3) is 2.40. The van der Waals surface area contributed by atoms with E-state index in [-0.39, 0.29) is 5.54 Å². The summed E-state index contributed by atoms with van der Waals surface area (Å²) in [5.41, 5.74) is 4.96. The lowest BCUT2D eigenvalue weighted by atomic mass is 9.75. The second kappa shape index (κ2) is 6.54. The average Bonchev–Trinajstić information content (AvgIpc) is 3.09. The second-order valence-corrected chi connectivity index (χ2v) is 15.6. The minimum absolute atomic E-state index is 0.0685. The molecule has 0 bridgehead atoms. The van der Waals surface area contributed by atoms with Gasteiger partial charge in [0.2, 0.25) is 5.91 Å². The molecule has 146 valence electrons. The molecule has 3 nitrogen and oxygen atoms in total. The summed E-state index contributed by atoms with van der Waals surface area (Å²) < 4.78 is 2.69. The van der Waals surface area contributed by atoms with Crippen LogP contribution in [0.4, 0.5) is 0 Å². The topological polar surface area (TPSA) is 25.2 Å². The van der Waals surface area contributed by atoms with Gasteiger partial charge in [-0.2, -0.15) is 0 Å². The van der Waals surface area contributed by atoms with Crippen molar-refractivity contribution in [3.63, 3.8) is 0 Å². The quantitative estimate of drug-likeness (QED) is 0.621. The molecule has 0 aliphatic carbocycles. The number of fused-ring (bicyclic) bond motifs is 3. The van der Waals surface area contributed by atoms with Crippen LogP contribution < -0.4 is 0 Å². The van der Waals surface area contributed by atoms with Crippen molar-refractivity contribution in [2.75, 3.05) is 6.54 Å². The number of nitrogens with zero attached hydrogens (tertiary/aromatic N) is 2. The highest BCUT2D eigenvalue weighted by molar-refractivity contribution is 6.82. The summed E-state index contributed by atoms with van der Waals surface area (Å²) in [4.78, 5) is 14.8. The molecule has 26 heavy (non-hydrogen) atoms. The minimum Gasteiger partial charge on any atom is -0.379 e. The largest absolute Gasteiger partial charge is 0.379 e. The zero-order chi connectivity index (χ0) is 19.4. The molecule has 1 fully saturated rings. The Morgan fingerprint density at radius 2 is 1.50 bits per heavy atom. The van der Waals surface area contributed by atoms with Crippen LogP contribution >= 0.6 is 0 Å². The highest BCUT2D eigenvalue weighted by Crippen LogP contribution is 2.51. The van der Waals surface area contributed by atoms with Crippen LogP contribution in [0.2, 0.25) is 16.6 Å². The Bertz CT molecular complexity index is 667. The zero-order valence-electron chi connectivity index (χ0n) is 18.1. The van der Waals surface area contributed by atoms with Crippen molar-refractivity contribution in [1.82, 2.24) is 9.13 Å². The number of rotatable bonds is 5. The number of hydrogen-bond acceptors (Lipinski definition) is 1. The van der Waals surface area contributed by atoms with Gasteiger partial charge in [-0.05, 0) is 52.7 Å². The van der Waals surface area contributed by atoms with Crippen LogP contribution in [0, 0.1) is 5.92 Å². The van der Waals surface area contributed by atoms with E-state index in [0.717, 1.165) is 19.4 Å². The number of carbonyl (C=O) groups is 1. The molecule has 0 unspecified atom stereocenters. The highest BCUT2D eigenvalue weighted by Gasteiger charge is 2.53. The molecule has 0 aromatic carbocycles. The van der Waals surface area contributed by atoms with Crippen molar-refractivity contribution >= 4 is 14.1 Å². The summed E-state index contributed by atoms with van der Waals surface area (Å²) in [6.45, 7) is 20.1. The predicted octanol–water partition coefficient (Wildman–Crippen LogP) is 5.54. The smallest absolute Gasteiger partial charge is 0.223 e. The molecule has 0 spiro atoms. The Morgan fingerprint density at radius 3 is 2.00 bits per heavy atom. The van der Waals surface area contributed by atoms with E-state index in [2.05, 4.69) is 76.9 Å². The molecule has 3 heterocycles. The Balaban J connectivity index is 2.20. The van der Waals surface area contributed by atoms with Crippen molar-refractivity contribution in [1.29, 1.82) is 0 Å². The first-order valence-electron chi connectivity index (χ1n) is 10.6. The van der Waals surface area contributed by atoms with Gasteiger partial charge in [0.25, 0.3) is 0 Å². The van der Waals surface area contributed by atoms with Crippen LogP contribution in [0.5, 0.6) is 0 Å². The lowest BCUT2D eigenvalue weighted by Crippen LogP contribution is -2.52. The number of amides is 1. The van der Waals surface area contributed by atoms with E-state index in [4.69, 9.17) is 0 Å². The standard InChI is InChI=1S/C22H38N2OSi/c1-15(2)22-11-9-21(25)24(22)12-10-19-13-23(14-20(19)22)26(16(3)4,17(5)6)18(7)8/h13-18H,9-12H2,1-8H3/t22-/m0/s1. The van der Waals surface area contributed by atoms with E-state index < -0.39 is 8.24 Å². The lowest BCUT2D eigenvalue weighted by molar-refractivity contribution is -0.133. The van der Waals surface area contributed by atoms with Crippen LogP contribution in [0.3, 0.4) is 0 Å². The Hall–Kier alpha value is -1.03. The molecule has 0 N–H and O–H groups in total. The predicted molar refractivity (Wildman–Crippen MR) is 112 cm³/mol. The summed E-state index contributed by atoms with van der Waals surface area (Å²) in [6.07, 6.45) is 7.70. The van der Waals surface area contributed by atoms with Gasteiger partial charge >= 0.3 is 0 Å². The third-order valence-electron chi connectivity index (χ3n) is 7.66. The molecule has 1 aromatic heterocycles. The Kier molecular flexibility index (Phi) is 4.96. The Labute approximate surface area is 161 Å². The van der Waals surface area contributed by atoms with Crippen molar-refractivity contribution in [3.05, 3.63) is 23.5 Å². The molecule has 1 aromatic rings. The molecule has 2 aliphatic rings. The second-order valence-electron chi connectivity index (χ2n) is 9.83. The van der Waals surface area contributed by atoms with E-state index in [1.807, 2.05) is 0 Å². The molecule has 0 saturated carbocycles. The van der Waals surface area contributed by atoms with Gasteiger partial charge in [0.05, 0.1) is 5.54 Å². The number of hydrogen-bond donors (Lipinski definition) is 0. The molecular formula is C22H38N2OSi. The summed E-state index contributed by atoms with van der Waals surface area (Å²) in [5, 5.41) is 0. The molecule has 4 heteroatoms. The van der Waals surface area contributed by atoms with Crippen LogP contribution in [-0.2, 0) is 16.8 Å². The summed E-state index contributed by atoms with van der Waals surface area (Å²) in [7, 11) is -1.73. The van der Waals surface area contributed by atoms with Gasteiger partial charge in [-0.15, -0.1) is 0 Å². The van der Waals surface area contributed by atoms with E-state index in [9.17, 15) is 4.79 Å². The van der Waals surface area contributed by atoms with Gasteiger partial charge in [-0.1, -0.05) is 55.4 Å². The fraction of sp³-hybridized carbons (Fsp3) is 0.773. The van der Waals surface area contributed by atoms with Crippen LogP contribution in [-0.4, -0.2) is 29.8 Å². The minimum atomic E-state index is -1.73. The van der Waals surface area contributed by atoms with Gasteiger partial charge in [0.15, 0.2) is 8.24 Å².